The molecule has 21 heavy (non-hydrogen) atoms. The van der Waals surface area contributed by atoms with Crippen molar-refractivity contribution in [2.24, 2.45) is 0 Å². The van der Waals surface area contributed by atoms with Crippen LogP contribution < -0.4 is 4.74 Å². The van der Waals surface area contributed by atoms with Crippen LogP contribution in [0.5, 0.6) is 5.75 Å². The molecule has 114 valence electrons. The number of hydrogen-bond donors (Lipinski definition) is 1. The van der Waals surface area contributed by atoms with Crippen LogP contribution in [0.15, 0.2) is 29.7 Å². The lowest BCUT2D eigenvalue weighted by molar-refractivity contribution is 0.0883. The van der Waals surface area contributed by atoms with Gasteiger partial charge in [0, 0.05) is 6.26 Å². The van der Waals surface area contributed by atoms with E-state index in [1.807, 2.05) is 32.0 Å². The first-order valence-corrected chi connectivity index (χ1v) is 8.13. The molecule has 7 heteroatoms. The van der Waals surface area contributed by atoms with Crippen LogP contribution >= 0.6 is 0 Å². The molecule has 1 aromatic carbocycles. The van der Waals surface area contributed by atoms with Crippen LogP contribution in [0.3, 0.4) is 0 Å². The van der Waals surface area contributed by atoms with Gasteiger partial charge in [-0.2, -0.15) is 0 Å². The molecule has 2 rings (SSSR count). The van der Waals surface area contributed by atoms with Gasteiger partial charge in [-0.15, -0.1) is 5.10 Å². The monoisotopic (exact) mass is 309 g/mol. The number of hydrogen-bond acceptors (Lipinski definition) is 5. The first kappa shape index (κ1) is 15.7. The minimum Gasteiger partial charge on any atom is -0.490 e. The molecule has 6 nitrogen and oxygen atoms in total. The van der Waals surface area contributed by atoms with Crippen LogP contribution in [0, 0.1) is 13.8 Å². The molecule has 0 saturated carbocycles. The molecule has 0 saturated heterocycles. The Balaban J connectivity index is 1.92. The SMILES string of the molecule is Cc1cccc(C)c1OCC(O)Cn1cnc(S(C)=O)n1. The minimum atomic E-state index is -1.22. The Bertz CT molecular complexity index is 622. The second-order valence-corrected chi connectivity index (χ2v) is 6.16. The Morgan fingerprint density at radius 2 is 2.05 bits per heavy atom. The summed E-state index contributed by atoms with van der Waals surface area (Å²) >= 11 is 0. The van der Waals surface area contributed by atoms with Crippen LogP contribution in [0.1, 0.15) is 11.1 Å². The van der Waals surface area contributed by atoms with Crippen LogP contribution in [0.2, 0.25) is 0 Å². The molecule has 1 N–H and O–H groups in total. The predicted molar refractivity (Wildman–Crippen MR) is 79.8 cm³/mol. The average Bonchev–Trinajstić information content (AvgIpc) is 2.87. The van der Waals surface area contributed by atoms with Gasteiger partial charge in [-0.3, -0.25) is 4.21 Å². The van der Waals surface area contributed by atoms with Gasteiger partial charge >= 0.3 is 0 Å². The summed E-state index contributed by atoms with van der Waals surface area (Å²) in [5, 5.41) is 14.3. The normalized spacial score (nSPS) is 13.9. The van der Waals surface area contributed by atoms with E-state index in [2.05, 4.69) is 10.1 Å². The first-order valence-electron chi connectivity index (χ1n) is 6.57. The molecule has 0 aliphatic rings. The van der Waals surface area contributed by atoms with Gasteiger partial charge in [-0.1, -0.05) is 18.2 Å². The van der Waals surface area contributed by atoms with Crippen molar-refractivity contribution in [3.05, 3.63) is 35.7 Å². The number of aliphatic hydroxyl groups excluding tert-OH is 1. The Morgan fingerprint density at radius 3 is 2.62 bits per heavy atom. The molecule has 1 aromatic heterocycles. The summed E-state index contributed by atoms with van der Waals surface area (Å²) in [6.07, 6.45) is 2.25. The van der Waals surface area contributed by atoms with Crippen LogP contribution in [-0.4, -0.2) is 43.0 Å². The number of aliphatic hydroxyl groups is 1. The van der Waals surface area contributed by atoms with Gasteiger partial charge in [-0.05, 0) is 25.0 Å². The van der Waals surface area contributed by atoms with Crippen molar-refractivity contribution in [3.8, 4) is 5.75 Å². The van der Waals surface area contributed by atoms with E-state index in [1.165, 1.54) is 17.3 Å². The van der Waals surface area contributed by atoms with E-state index in [9.17, 15) is 9.32 Å². The van der Waals surface area contributed by atoms with Crippen molar-refractivity contribution < 1.29 is 14.1 Å². The third-order valence-corrected chi connectivity index (χ3v) is 3.70. The Hall–Kier alpha value is -1.73. The summed E-state index contributed by atoms with van der Waals surface area (Å²) in [5.41, 5.74) is 2.07. The summed E-state index contributed by atoms with van der Waals surface area (Å²) in [5.74, 6) is 0.797. The number of aryl methyl sites for hydroxylation is 2. The number of aromatic nitrogens is 3. The largest absolute Gasteiger partial charge is 0.490 e. The lowest BCUT2D eigenvalue weighted by atomic mass is 10.1. The summed E-state index contributed by atoms with van der Waals surface area (Å²) in [4.78, 5) is 3.92. The highest BCUT2D eigenvalue weighted by Gasteiger charge is 2.11. The Morgan fingerprint density at radius 1 is 1.38 bits per heavy atom. The smallest absolute Gasteiger partial charge is 0.238 e. The lowest BCUT2D eigenvalue weighted by Gasteiger charge is -2.15. The number of rotatable bonds is 6. The number of benzene rings is 1. The van der Waals surface area contributed by atoms with Gasteiger partial charge < -0.3 is 9.84 Å². The Kier molecular flexibility index (Phi) is 5.08. The summed E-state index contributed by atoms with van der Waals surface area (Å²) in [7, 11) is -1.22. The lowest BCUT2D eigenvalue weighted by Crippen LogP contribution is -2.24. The maximum atomic E-state index is 11.2. The zero-order valence-corrected chi connectivity index (χ0v) is 13.1. The second-order valence-electron chi connectivity index (χ2n) is 4.89. The fraction of sp³-hybridized carbons (Fsp3) is 0.429. The molecule has 2 unspecified atom stereocenters. The van der Waals surface area contributed by atoms with E-state index in [4.69, 9.17) is 4.74 Å². The zero-order valence-electron chi connectivity index (χ0n) is 12.3. The van der Waals surface area contributed by atoms with Crippen LogP contribution in [0.4, 0.5) is 0 Å². The van der Waals surface area contributed by atoms with Crippen molar-refractivity contribution in [1.29, 1.82) is 0 Å². The van der Waals surface area contributed by atoms with Gasteiger partial charge in [0.25, 0.3) is 0 Å². The van der Waals surface area contributed by atoms with Crippen LogP contribution in [0.25, 0.3) is 0 Å². The van der Waals surface area contributed by atoms with E-state index < -0.39 is 16.9 Å². The second kappa shape index (κ2) is 6.82. The third-order valence-electron chi connectivity index (χ3n) is 3.00. The van der Waals surface area contributed by atoms with E-state index in [0.717, 1.165) is 16.9 Å². The minimum absolute atomic E-state index is 0.163. The number of ether oxygens (including phenoxy) is 1. The molecule has 0 aliphatic carbocycles. The molecule has 0 aliphatic heterocycles. The van der Waals surface area contributed by atoms with Crippen molar-refractivity contribution in [2.75, 3.05) is 12.9 Å². The van der Waals surface area contributed by atoms with Gasteiger partial charge in [0.15, 0.2) is 0 Å². The highest BCUT2D eigenvalue weighted by atomic mass is 32.2. The van der Waals surface area contributed by atoms with Crippen LogP contribution in [-0.2, 0) is 17.3 Å². The van der Waals surface area contributed by atoms with Gasteiger partial charge in [-0.25, -0.2) is 9.67 Å². The van der Waals surface area contributed by atoms with Gasteiger partial charge in [0.2, 0.25) is 5.16 Å². The maximum absolute atomic E-state index is 11.2. The summed E-state index contributed by atoms with van der Waals surface area (Å²) in [6.45, 7) is 4.34. The topological polar surface area (TPSA) is 77.2 Å². The zero-order chi connectivity index (χ0) is 15.4. The first-order chi connectivity index (χ1) is 9.97. The number of nitrogens with zero attached hydrogens (tertiary/aromatic N) is 3. The van der Waals surface area contributed by atoms with Gasteiger partial charge in [0.05, 0.1) is 17.3 Å². The molecular formula is C14H19N3O3S. The molecule has 2 aromatic rings. The molecule has 0 radical (unpaired) electrons. The quantitative estimate of drug-likeness (QED) is 0.864. The van der Waals surface area contributed by atoms with Crippen molar-refractivity contribution >= 4 is 10.8 Å². The molecule has 0 fully saturated rings. The maximum Gasteiger partial charge on any atom is 0.238 e. The standard InChI is InChI=1S/C14H19N3O3S/c1-10-5-4-6-11(2)13(10)20-8-12(18)7-17-9-15-14(16-17)21(3)19/h4-6,9,12,18H,7-8H2,1-3H3. The summed E-state index contributed by atoms with van der Waals surface area (Å²) < 4.78 is 18.4. The molecule has 1 heterocycles. The van der Waals surface area contributed by atoms with E-state index in [1.54, 1.807) is 0 Å². The Labute approximate surface area is 126 Å². The van der Waals surface area contributed by atoms with E-state index in [-0.39, 0.29) is 18.3 Å². The fourth-order valence-corrected chi connectivity index (χ4v) is 2.39. The van der Waals surface area contributed by atoms with E-state index >= 15 is 0 Å². The van der Waals surface area contributed by atoms with Crippen molar-refractivity contribution in [1.82, 2.24) is 14.8 Å². The van der Waals surface area contributed by atoms with Crippen molar-refractivity contribution in [3.63, 3.8) is 0 Å². The molecule has 0 spiro atoms. The predicted octanol–water partition coefficient (Wildman–Crippen LogP) is 1.07. The third kappa shape index (κ3) is 4.12. The average molecular weight is 309 g/mol. The summed E-state index contributed by atoms with van der Waals surface area (Å²) in [6, 6.07) is 5.90. The van der Waals surface area contributed by atoms with Crippen molar-refractivity contribution in [2.45, 2.75) is 31.7 Å². The fourth-order valence-electron chi connectivity index (χ4n) is 1.97. The highest BCUT2D eigenvalue weighted by Crippen LogP contribution is 2.22. The van der Waals surface area contributed by atoms with Gasteiger partial charge in [0.1, 0.15) is 24.8 Å². The van der Waals surface area contributed by atoms with E-state index in [0.29, 0.717) is 0 Å². The molecule has 0 amide bonds. The molecular weight excluding hydrogens is 290 g/mol. The molecule has 2 atom stereocenters. The highest BCUT2D eigenvalue weighted by molar-refractivity contribution is 7.84. The molecule has 0 bridgehead atoms. The number of para-hydroxylation sites is 1.